The van der Waals surface area contributed by atoms with Crippen LogP contribution in [0.1, 0.15) is 21.7 Å². The van der Waals surface area contributed by atoms with E-state index in [0.717, 1.165) is 22.4 Å². The smallest absolute Gasteiger partial charge is 0.255 e. The van der Waals surface area contributed by atoms with Crippen LogP contribution in [0.4, 0.5) is 5.69 Å². The molecule has 3 aromatic rings. The van der Waals surface area contributed by atoms with E-state index in [4.69, 9.17) is 9.47 Å². The first-order valence-corrected chi connectivity index (χ1v) is 7.56. The number of benzene rings is 2. The molecule has 0 atom stereocenters. The first-order chi connectivity index (χ1) is 11.6. The van der Waals surface area contributed by atoms with E-state index in [2.05, 4.69) is 15.3 Å². The van der Waals surface area contributed by atoms with Gasteiger partial charge in [-0.05, 0) is 50.2 Å². The largest absolute Gasteiger partial charge is 0.454 e. The molecule has 120 valence electrons. The standard InChI is InChI=1S/C18H15N3O3/c1-10-11(2)20-15-8-13(4-5-14(15)19-10)21-18(22)12-3-6-16-17(7-12)24-9-23-16/h3-8H,9H2,1-2H3,(H,21,22). The topological polar surface area (TPSA) is 73.3 Å². The number of nitrogens with zero attached hydrogens (tertiary/aromatic N) is 2. The lowest BCUT2D eigenvalue weighted by Crippen LogP contribution is -2.11. The molecule has 1 aliphatic heterocycles. The first-order valence-electron chi connectivity index (χ1n) is 7.56. The predicted molar refractivity (Wildman–Crippen MR) is 89.5 cm³/mol. The SMILES string of the molecule is Cc1nc2ccc(NC(=O)c3ccc4c(c3)OCO4)cc2nc1C. The van der Waals surface area contributed by atoms with Crippen LogP contribution >= 0.6 is 0 Å². The van der Waals surface area contributed by atoms with Crippen LogP contribution in [-0.2, 0) is 0 Å². The molecule has 0 radical (unpaired) electrons. The number of rotatable bonds is 2. The molecular formula is C18H15N3O3. The Morgan fingerprint density at radius 3 is 2.54 bits per heavy atom. The number of hydrogen-bond donors (Lipinski definition) is 1. The summed E-state index contributed by atoms with van der Waals surface area (Å²) in [6.45, 7) is 4.03. The number of hydrogen-bond acceptors (Lipinski definition) is 5. The van der Waals surface area contributed by atoms with Crippen molar-refractivity contribution in [3.63, 3.8) is 0 Å². The molecular weight excluding hydrogens is 306 g/mol. The lowest BCUT2D eigenvalue weighted by molar-refractivity contribution is 0.102. The monoisotopic (exact) mass is 321 g/mol. The number of fused-ring (bicyclic) bond motifs is 2. The Morgan fingerprint density at radius 1 is 0.958 bits per heavy atom. The van der Waals surface area contributed by atoms with Crippen LogP contribution in [-0.4, -0.2) is 22.7 Å². The van der Waals surface area contributed by atoms with E-state index in [1.807, 2.05) is 32.0 Å². The van der Waals surface area contributed by atoms with Gasteiger partial charge in [0.05, 0.1) is 22.4 Å². The molecule has 0 fully saturated rings. The van der Waals surface area contributed by atoms with Crippen molar-refractivity contribution in [3.8, 4) is 11.5 Å². The van der Waals surface area contributed by atoms with Gasteiger partial charge in [-0.25, -0.2) is 9.97 Å². The Bertz CT molecular complexity index is 969. The molecule has 0 aliphatic carbocycles. The minimum atomic E-state index is -0.218. The number of amides is 1. The third-order valence-corrected chi connectivity index (χ3v) is 3.97. The van der Waals surface area contributed by atoms with Gasteiger partial charge in [-0.2, -0.15) is 0 Å². The van der Waals surface area contributed by atoms with Gasteiger partial charge in [-0.1, -0.05) is 0 Å². The molecule has 2 aromatic carbocycles. The number of aromatic nitrogens is 2. The third-order valence-electron chi connectivity index (χ3n) is 3.97. The van der Waals surface area contributed by atoms with Gasteiger partial charge in [-0.15, -0.1) is 0 Å². The minimum absolute atomic E-state index is 0.183. The summed E-state index contributed by atoms with van der Waals surface area (Å²) in [5.41, 5.74) is 4.51. The van der Waals surface area contributed by atoms with Gasteiger partial charge in [0, 0.05) is 11.3 Å². The number of aryl methyl sites for hydroxylation is 2. The molecule has 1 amide bonds. The van der Waals surface area contributed by atoms with Gasteiger partial charge in [0.15, 0.2) is 11.5 Å². The zero-order valence-electron chi connectivity index (χ0n) is 13.3. The van der Waals surface area contributed by atoms with Crippen molar-refractivity contribution in [2.45, 2.75) is 13.8 Å². The fraction of sp³-hybridized carbons (Fsp3) is 0.167. The number of anilines is 1. The normalized spacial score (nSPS) is 12.4. The maximum atomic E-state index is 12.4. The number of carbonyl (C=O) groups is 1. The van der Waals surface area contributed by atoms with Crippen molar-refractivity contribution in [1.82, 2.24) is 9.97 Å². The van der Waals surface area contributed by atoms with Crippen molar-refractivity contribution in [2.75, 3.05) is 12.1 Å². The number of carbonyl (C=O) groups excluding carboxylic acids is 1. The summed E-state index contributed by atoms with van der Waals surface area (Å²) in [5, 5.41) is 2.87. The third kappa shape index (κ3) is 2.52. The van der Waals surface area contributed by atoms with Gasteiger partial charge in [0.2, 0.25) is 6.79 Å². The Kier molecular flexibility index (Phi) is 3.30. The molecule has 4 rings (SSSR count). The van der Waals surface area contributed by atoms with E-state index >= 15 is 0 Å². The molecule has 2 heterocycles. The molecule has 0 unspecified atom stereocenters. The summed E-state index contributed by atoms with van der Waals surface area (Å²) >= 11 is 0. The van der Waals surface area contributed by atoms with Crippen LogP contribution in [0, 0.1) is 13.8 Å². The fourth-order valence-corrected chi connectivity index (χ4v) is 2.55. The molecule has 1 N–H and O–H groups in total. The molecule has 0 saturated heterocycles. The second-order valence-corrected chi connectivity index (χ2v) is 5.62. The molecule has 6 nitrogen and oxygen atoms in total. The van der Waals surface area contributed by atoms with Gasteiger partial charge in [0.25, 0.3) is 5.91 Å². The van der Waals surface area contributed by atoms with Gasteiger partial charge in [0.1, 0.15) is 0 Å². The summed E-state index contributed by atoms with van der Waals surface area (Å²) in [6, 6.07) is 10.6. The summed E-state index contributed by atoms with van der Waals surface area (Å²) in [5.74, 6) is 1.01. The van der Waals surface area contributed by atoms with Crippen molar-refractivity contribution >= 4 is 22.6 Å². The molecule has 1 aliphatic rings. The quantitative estimate of drug-likeness (QED) is 0.784. The second-order valence-electron chi connectivity index (χ2n) is 5.62. The zero-order chi connectivity index (χ0) is 16.7. The zero-order valence-corrected chi connectivity index (χ0v) is 13.3. The van der Waals surface area contributed by atoms with Crippen molar-refractivity contribution in [1.29, 1.82) is 0 Å². The fourth-order valence-electron chi connectivity index (χ4n) is 2.55. The molecule has 0 spiro atoms. The highest BCUT2D eigenvalue weighted by atomic mass is 16.7. The van der Waals surface area contributed by atoms with E-state index in [1.54, 1.807) is 18.2 Å². The van der Waals surface area contributed by atoms with Crippen LogP contribution in [0.2, 0.25) is 0 Å². The van der Waals surface area contributed by atoms with Crippen LogP contribution in [0.25, 0.3) is 11.0 Å². The van der Waals surface area contributed by atoms with Gasteiger partial charge >= 0.3 is 0 Å². The Morgan fingerprint density at radius 2 is 1.71 bits per heavy atom. The van der Waals surface area contributed by atoms with Crippen LogP contribution < -0.4 is 14.8 Å². The van der Waals surface area contributed by atoms with E-state index in [9.17, 15) is 4.79 Å². The first kappa shape index (κ1) is 14.4. The van der Waals surface area contributed by atoms with Crippen LogP contribution in [0.15, 0.2) is 36.4 Å². The van der Waals surface area contributed by atoms with Crippen molar-refractivity contribution in [2.24, 2.45) is 0 Å². The summed E-state index contributed by atoms with van der Waals surface area (Å²) in [4.78, 5) is 21.4. The Hall–Kier alpha value is -3.15. The van der Waals surface area contributed by atoms with E-state index in [0.29, 0.717) is 22.7 Å². The molecule has 0 bridgehead atoms. The van der Waals surface area contributed by atoms with E-state index in [1.165, 1.54) is 0 Å². The van der Waals surface area contributed by atoms with Crippen molar-refractivity contribution < 1.29 is 14.3 Å². The highest BCUT2D eigenvalue weighted by molar-refractivity contribution is 6.05. The average Bonchev–Trinajstić information content (AvgIpc) is 3.03. The summed E-state index contributed by atoms with van der Waals surface area (Å²) < 4.78 is 10.6. The second kappa shape index (κ2) is 5.49. The number of nitrogens with one attached hydrogen (secondary N) is 1. The highest BCUT2D eigenvalue weighted by Crippen LogP contribution is 2.32. The molecule has 0 saturated carbocycles. The average molecular weight is 321 g/mol. The molecule has 24 heavy (non-hydrogen) atoms. The van der Waals surface area contributed by atoms with Gasteiger partial charge < -0.3 is 14.8 Å². The summed E-state index contributed by atoms with van der Waals surface area (Å²) in [6.07, 6.45) is 0. The maximum absolute atomic E-state index is 12.4. The summed E-state index contributed by atoms with van der Waals surface area (Å²) in [7, 11) is 0. The highest BCUT2D eigenvalue weighted by Gasteiger charge is 2.16. The maximum Gasteiger partial charge on any atom is 0.255 e. The molecule has 6 heteroatoms. The Labute approximate surface area is 138 Å². The Balaban J connectivity index is 1.61. The number of ether oxygens (including phenoxy) is 2. The van der Waals surface area contributed by atoms with Crippen LogP contribution in [0.3, 0.4) is 0 Å². The van der Waals surface area contributed by atoms with Crippen molar-refractivity contribution in [3.05, 3.63) is 53.3 Å². The van der Waals surface area contributed by atoms with E-state index in [-0.39, 0.29) is 12.7 Å². The van der Waals surface area contributed by atoms with E-state index < -0.39 is 0 Å². The minimum Gasteiger partial charge on any atom is -0.454 e. The predicted octanol–water partition coefficient (Wildman–Crippen LogP) is 3.23. The van der Waals surface area contributed by atoms with Crippen LogP contribution in [0.5, 0.6) is 11.5 Å². The molecule has 1 aromatic heterocycles. The lowest BCUT2D eigenvalue weighted by Gasteiger charge is -2.08. The van der Waals surface area contributed by atoms with Gasteiger partial charge in [-0.3, -0.25) is 4.79 Å². The lowest BCUT2D eigenvalue weighted by atomic mass is 10.1.